The number of hydrogen-bond donors (Lipinski definition) is 0. The molecule has 0 N–H and O–H groups in total. The minimum Gasteiger partial charge on any atom is -0.228 e. The number of nitrogens with zero attached hydrogens (tertiary/aromatic N) is 4. The summed E-state index contributed by atoms with van der Waals surface area (Å²) >= 11 is 1.83. The summed E-state index contributed by atoms with van der Waals surface area (Å²) < 4.78 is 2.49. The lowest BCUT2D eigenvalue weighted by Gasteiger charge is -2.13. The smallest absolute Gasteiger partial charge is 0.160 e. The van der Waals surface area contributed by atoms with Gasteiger partial charge in [0.05, 0.1) is 22.8 Å². The van der Waals surface area contributed by atoms with Crippen molar-refractivity contribution in [3.05, 3.63) is 192 Å². The number of thiophene rings is 1. The van der Waals surface area contributed by atoms with Crippen LogP contribution in [0.3, 0.4) is 0 Å². The molecular formula is C50H34N4S. The number of rotatable bonds is 7. The topological polar surface area (TPSA) is 51.6 Å². The van der Waals surface area contributed by atoms with Gasteiger partial charge in [-0.3, -0.25) is 0 Å². The van der Waals surface area contributed by atoms with E-state index in [0.29, 0.717) is 5.82 Å². The van der Waals surface area contributed by atoms with E-state index >= 15 is 0 Å². The molecule has 0 fully saturated rings. The van der Waals surface area contributed by atoms with Gasteiger partial charge in [0.1, 0.15) is 0 Å². The highest BCUT2D eigenvalue weighted by atomic mass is 32.1. The summed E-state index contributed by atoms with van der Waals surface area (Å²) in [5.74, 6) is 1.50. The van der Waals surface area contributed by atoms with Crippen molar-refractivity contribution >= 4 is 33.1 Å². The van der Waals surface area contributed by atoms with Gasteiger partial charge in [0.15, 0.2) is 11.6 Å². The number of hydrogen-bond acceptors (Lipinski definition) is 5. The van der Waals surface area contributed by atoms with Crippen LogP contribution in [0.4, 0.5) is 0 Å². The summed E-state index contributed by atoms with van der Waals surface area (Å²) in [6, 6.07) is 61.2. The molecule has 1 aliphatic rings. The van der Waals surface area contributed by atoms with E-state index in [9.17, 15) is 0 Å². The van der Waals surface area contributed by atoms with Gasteiger partial charge in [0, 0.05) is 53.2 Å². The lowest BCUT2D eigenvalue weighted by molar-refractivity contribution is 1.02. The molecule has 10 rings (SSSR count). The summed E-state index contributed by atoms with van der Waals surface area (Å²) in [5.41, 5.74) is 12.5. The molecule has 0 spiro atoms. The zero-order valence-corrected chi connectivity index (χ0v) is 30.7. The molecule has 0 aliphatic heterocycles. The molecule has 4 nitrogen and oxygen atoms in total. The normalized spacial score (nSPS) is 12.3. The first kappa shape index (κ1) is 32.8. The SMILES string of the molecule is C1=c2sc3cc(-c4cc(-c5ccc(-c6ccccc6)cc5)nc(-c5ccccc5)n4)ccc3c2=C(c2nc(-c3ccccc3)cc(-c3ccccc3)n2)CC1. The van der Waals surface area contributed by atoms with E-state index in [4.69, 9.17) is 19.9 Å². The van der Waals surface area contributed by atoms with Crippen LogP contribution in [0, 0.1) is 0 Å². The first-order valence-corrected chi connectivity index (χ1v) is 19.4. The molecule has 0 radical (unpaired) electrons. The van der Waals surface area contributed by atoms with Crippen molar-refractivity contribution in [1.29, 1.82) is 0 Å². The molecule has 0 amide bonds. The van der Waals surface area contributed by atoms with Crippen molar-refractivity contribution in [3.8, 4) is 67.5 Å². The van der Waals surface area contributed by atoms with Crippen LogP contribution in [0.1, 0.15) is 18.7 Å². The zero-order valence-electron chi connectivity index (χ0n) is 29.9. The minimum atomic E-state index is 0.708. The van der Waals surface area contributed by atoms with Crippen LogP contribution >= 0.6 is 11.3 Å². The number of fused-ring (bicyclic) bond motifs is 3. The van der Waals surface area contributed by atoms with Gasteiger partial charge in [-0.15, -0.1) is 11.3 Å². The van der Waals surface area contributed by atoms with Crippen molar-refractivity contribution in [2.45, 2.75) is 12.8 Å². The molecule has 9 aromatic rings. The summed E-state index contributed by atoms with van der Waals surface area (Å²) in [6.07, 6.45) is 4.20. The van der Waals surface area contributed by atoms with Crippen molar-refractivity contribution in [3.63, 3.8) is 0 Å². The van der Waals surface area contributed by atoms with Crippen LogP contribution in [0.15, 0.2) is 176 Å². The van der Waals surface area contributed by atoms with Crippen LogP contribution in [0.5, 0.6) is 0 Å². The third-order valence-electron chi connectivity index (χ3n) is 10.2. The lowest BCUT2D eigenvalue weighted by atomic mass is 9.98. The van der Waals surface area contributed by atoms with Crippen molar-refractivity contribution < 1.29 is 0 Å². The maximum Gasteiger partial charge on any atom is 0.160 e. The second kappa shape index (κ2) is 14.2. The molecule has 0 unspecified atom stereocenters. The Balaban J connectivity index is 1.11. The van der Waals surface area contributed by atoms with Crippen molar-refractivity contribution in [2.24, 2.45) is 0 Å². The molecule has 1 aliphatic carbocycles. The fourth-order valence-corrected chi connectivity index (χ4v) is 8.68. The highest BCUT2D eigenvalue weighted by Gasteiger charge is 2.19. The second-order valence-corrected chi connectivity index (χ2v) is 14.8. The predicted octanol–water partition coefficient (Wildman–Crippen LogP) is 11.3. The molecule has 0 saturated carbocycles. The van der Waals surface area contributed by atoms with Crippen LogP contribution in [0.2, 0.25) is 0 Å². The Kier molecular flexibility index (Phi) is 8.47. The van der Waals surface area contributed by atoms with Crippen LogP contribution in [0.25, 0.3) is 89.3 Å². The monoisotopic (exact) mass is 722 g/mol. The summed E-state index contributed by atoms with van der Waals surface area (Å²) in [4.78, 5) is 20.7. The van der Waals surface area contributed by atoms with E-state index < -0.39 is 0 Å². The van der Waals surface area contributed by atoms with Crippen molar-refractivity contribution in [2.75, 3.05) is 0 Å². The van der Waals surface area contributed by atoms with E-state index in [0.717, 1.165) is 69.3 Å². The first-order valence-electron chi connectivity index (χ1n) is 18.6. The van der Waals surface area contributed by atoms with Gasteiger partial charge in [-0.1, -0.05) is 164 Å². The van der Waals surface area contributed by atoms with Gasteiger partial charge in [-0.05, 0) is 42.2 Å². The van der Waals surface area contributed by atoms with Gasteiger partial charge >= 0.3 is 0 Å². The number of aromatic nitrogens is 4. The third kappa shape index (κ3) is 6.45. The molecule has 55 heavy (non-hydrogen) atoms. The Labute approximate surface area is 323 Å². The third-order valence-corrected chi connectivity index (χ3v) is 11.4. The van der Waals surface area contributed by atoms with E-state index in [2.05, 4.69) is 146 Å². The van der Waals surface area contributed by atoms with Gasteiger partial charge in [0.2, 0.25) is 0 Å². The highest BCUT2D eigenvalue weighted by molar-refractivity contribution is 7.17. The van der Waals surface area contributed by atoms with E-state index in [-0.39, 0.29) is 0 Å². The van der Waals surface area contributed by atoms with Gasteiger partial charge in [0.25, 0.3) is 0 Å². The van der Waals surface area contributed by atoms with Crippen molar-refractivity contribution in [1.82, 2.24) is 19.9 Å². The van der Waals surface area contributed by atoms with Gasteiger partial charge in [-0.25, -0.2) is 19.9 Å². The standard InChI is InChI=1S/C50H34N4S/c1-5-14-33(15-6-1)34-24-26-37(27-25-34)44-32-45(52-49(51-44)38-20-11-4-12-21-38)39-28-29-40-47(30-39)55-46-23-13-22-41(48(40)46)50-53-42(35-16-7-2-8-17-35)31-43(54-50)36-18-9-3-10-19-36/h1-12,14-21,23-32H,13,22H2. The first-order chi connectivity index (χ1) is 27.2. The van der Waals surface area contributed by atoms with Crippen LogP contribution < -0.4 is 9.75 Å². The van der Waals surface area contributed by atoms with E-state index in [1.807, 2.05) is 47.7 Å². The quantitative estimate of drug-likeness (QED) is 0.164. The largest absolute Gasteiger partial charge is 0.228 e. The average Bonchev–Trinajstić information content (AvgIpc) is 3.66. The molecule has 260 valence electrons. The molecule has 0 saturated heterocycles. The second-order valence-electron chi connectivity index (χ2n) is 13.7. The Morgan fingerprint density at radius 1 is 0.382 bits per heavy atom. The summed E-state index contributed by atoms with van der Waals surface area (Å²) in [6.45, 7) is 0. The summed E-state index contributed by atoms with van der Waals surface area (Å²) in [5, 5.41) is 2.47. The van der Waals surface area contributed by atoms with Crippen LogP contribution in [-0.2, 0) is 0 Å². The maximum absolute atomic E-state index is 5.23. The molecule has 0 bridgehead atoms. The Morgan fingerprint density at radius 2 is 0.818 bits per heavy atom. The van der Waals surface area contributed by atoms with E-state index in [1.165, 1.54) is 36.5 Å². The molecular weight excluding hydrogens is 689 g/mol. The predicted molar refractivity (Wildman–Crippen MR) is 228 cm³/mol. The Hall–Kier alpha value is -6.82. The zero-order chi connectivity index (χ0) is 36.6. The fourth-order valence-electron chi connectivity index (χ4n) is 7.45. The Bertz CT molecular complexity index is 2880. The molecule has 5 heteroatoms. The molecule has 6 aromatic carbocycles. The van der Waals surface area contributed by atoms with Gasteiger partial charge < -0.3 is 0 Å². The maximum atomic E-state index is 5.23. The van der Waals surface area contributed by atoms with Gasteiger partial charge in [-0.2, -0.15) is 0 Å². The Morgan fingerprint density at radius 3 is 1.40 bits per heavy atom. The number of benzene rings is 6. The molecule has 3 aromatic heterocycles. The lowest BCUT2D eigenvalue weighted by Crippen LogP contribution is -2.26. The highest BCUT2D eigenvalue weighted by Crippen LogP contribution is 2.33. The average molecular weight is 723 g/mol. The molecule has 3 heterocycles. The minimum absolute atomic E-state index is 0.708. The van der Waals surface area contributed by atoms with E-state index in [1.54, 1.807) is 0 Å². The molecule has 0 atom stereocenters. The van der Waals surface area contributed by atoms with Crippen LogP contribution in [-0.4, -0.2) is 19.9 Å². The fraction of sp³-hybridized carbons (Fsp3) is 0.0400. The summed E-state index contributed by atoms with van der Waals surface area (Å²) in [7, 11) is 0.